The molecular weight excluding hydrogens is 1310 g/mol. The predicted molar refractivity (Wildman–Crippen MR) is 417 cm³/mol. The van der Waals surface area contributed by atoms with Gasteiger partial charge in [-0.05, 0) is 135 Å². The lowest BCUT2D eigenvalue weighted by Crippen LogP contribution is -2.30. The van der Waals surface area contributed by atoms with Gasteiger partial charge in [0, 0.05) is 19.3 Å². The van der Waals surface area contributed by atoms with Crippen molar-refractivity contribution in [1.82, 2.24) is 0 Å². The van der Waals surface area contributed by atoms with E-state index in [0.29, 0.717) is 19.3 Å². The number of aliphatic hydroxyl groups is 2. The zero-order chi connectivity index (χ0) is 73.7. The smallest absolute Gasteiger partial charge is 0.463 e. The van der Waals surface area contributed by atoms with Gasteiger partial charge in [0.15, 0.2) is 6.10 Å². The van der Waals surface area contributed by atoms with E-state index in [1.807, 2.05) is 0 Å². The summed E-state index contributed by atoms with van der Waals surface area (Å²) in [4.78, 5) is 58.6. The third-order valence-corrected chi connectivity index (χ3v) is 17.9. The van der Waals surface area contributed by atoms with Gasteiger partial charge in [-0.25, -0.2) is 9.13 Å². The highest BCUT2D eigenvalue weighted by atomic mass is 31.2. The van der Waals surface area contributed by atoms with Gasteiger partial charge >= 0.3 is 33.6 Å². The summed E-state index contributed by atoms with van der Waals surface area (Å²) in [6, 6.07) is 0. The Bertz CT molecular complexity index is 2420. The quantitative estimate of drug-likeness (QED) is 0.0146. The van der Waals surface area contributed by atoms with E-state index in [-0.39, 0.29) is 19.3 Å². The molecule has 0 fully saturated rings. The van der Waals surface area contributed by atoms with Crippen LogP contribution in [0.15, 0.2) is 146 Å². The fraction of sp³-hybridized carbons (Fsp3) is 0.675. The number of carbonyl (C=O) groups excluding carboxylic acids is 3. The summed E-state index contributed by atoms with van der Waals surface area (Å²) in [7, 11) is -9.80. The normalized spacial score (nSPS) is 14.8. The molecule has 5 atom stereocenters. The summed E-state index contributed by atoms with van der Waals surface area (Å²) in [5, 5.41) is 20.6. The molecule has 4 N–H and O–H groups in total. The van der Waals surface area contributed by atoms with Gasteiger partial charge in [-0.15, -0.1) is 0 Å². The van der Waals surface area contributed by atoms with Crippen LogP contribution in [0.5, 0.6) is 0 Å². The molecule has 0 saturated heterocycles. The Hall–Kier alpha value is -4.57. The van der Waals surface area contributed by atoms with Crippen LogP contribution in [-0.2, 0) is 55.8 Å². The van der Waals surface area contributed by atoms with E-state index in [4.69, 9.17) is 32.3 Å². The van der Waals surface area contributed by atoms with Crippen molar-refractivity contribution in [3.63, 3.8) is 0 Å². The first-order valence-electron chi connectivity index (χ1n) is 39.1. The first-order valence-corrected chi connectivity index (χ1v) is 42.1. The number of hydrogen-bond acceptors (Lipinski definition) is 14. The van der Waals surface area contributed by atoms with Crippen LogP contribution in [0.2, 0.25) is 0 Å². The molecule has 0 aliphatic heterocycles. The van der Waals surface area contributed by atoms with Crippen molar-refractivity contribution in [3.8, 4) is 0 Å². The lowest BCUT2D eigenvalue weighted by atomic mass is 10.0. The Morgan fingerprint density at radius 2 is 0.525 bits per heavy atom. The maximum absolute atomic E-state index is 12.9. The second-order valence-electron chi connectivity index (χ2n) is 25.7. The summed E-state index contributed by atoms with van der Waals surface area (Å²) in [6.45, 7) is 2.35. The topological polar surface area (TPSA) is 231 Å². The van der Waals surface area contributed by atoms with Crippen molar-refractivity contribution in [3.05, 3.63) is 146 Å². The van der Waals surface area contributed by atoms with Crippen LogP contribution in [0.25, 0.3) is 0 Å². The number of allylic oxidation sites excluding steroid dienone is 24. The molecule has 0 rings (SSSR count). The molecular formula is C83H140O16P2. The van der Waals surface area contributed by atoms with Crippen LogP contribution < -0.4 is 0 Å². The van der Waals surface area contributed by atoms with Crippen molar-refractivity contribution >= 4 is 33.6 Å². The van der Waals surface area contributed by atoms with Gasteiger partial charge in [-0.2, -0.15) is 0 Å². The minimum Gasteiger partial charge on any atom is -0.463 e. The fourth-order valence-corrected chi connectivity index (χ4v) is 11.7. The van der Waals surface area contributed by atoms with Gasteiger partial charge in [0.25, 0.3) is 0 Å². The first-order chi connectivity index (χ1) is 49.2. The molecule has 578 valence electrons. The van der Waals surface area contributed by atoms with E-state index in [1.54, 1.807) is 0 Å². The summed E-state index contributed by atoms with van der Waals surface area (Å²) < 4.78 is 61.0. The number of aliphatic hydroxyl groups excluding tert-OH is 2. The second kappa shape index (κ2) is 75.1. The molecule has 0 aromatic heterocycles. The molecule has 0 spiro atoms. The largest absolute Gasteiger partial charge is 0.472 e. The number of carbonyl (C=O) groups is 3. The van der Waals surface area contributed by atoms with Crippen molar-refractivity contribution < 1.29 is 75.8 Å². The monoisotopic (exact) mass is 1450 g/mol. The number of phosphoric acid groups is 2. The molecule has 0 aromatic carbocycles. The van der Waals surface area contributed by atoms with Crippen molar-refractivity contribution in [2.45, 2.75) is 322 Å². The molecule has 16 nitrogen and oxygen atoms in total. The molecule has 0 radical (unpaired) electrons. The van der Waals surface area contributed by atoms with E-state index in [9.17, 15) is 43.5 Å². The average Bonchev–Trinajstić information content (AvgIpc) is 0.936. The van der Waals surface area contributed by atoms with Gasteiger partial charge < -0.3 is 34.2 Å². The molecule has 5 unspecified atom stereocenters. The Kier molecular flexibility index (Phi) is 71.7. The minimum absolute atomic E-state index is 0.0803. The van der Waals surface area contributed by atoms with E-state index in [0.717, 1.165) is 167 Å². The van der Waals surface area contributed by atoms with Gasteiger partial charge in [0.05, 0.1) is 26.4 Å². The standard InChI is InChI=1S/C83H140O16P2/c1-4-7-10-13-16-19-22-25-27-29-31-33-34-35-36-37-38-39-40-41-42-44-46-47-49-52-54-57-60-63-66-69-81(86)93-72-78(84)73-95-100(89,90)96-74-79(85)75-97-101(91,92)98-77-80(99-83(88)71-68-65-62-59-56-51-24-21-18-15-12-9-6-3)76-94-82(87)70-67-64-61-58-55-53-50-48-45-43-32-30-28-26-23-20-17-14-11-8-5-2/h7-8,10-12,15-17,19-21,24-28,31-33,35-36,43,48,50,78-80,84-85H,4-6,9,13-14,18,22-23,29-30,34,37-42,44-47,49,51-77H2,1-3H3,(H,89,90)(H,91,92)/b10-7-,11-8-,15-12-,19-16-,20-17-,24-21-,27-25-,28-26-,33-31-,36-35-,43-32-,50-48-. The molecule has 0 heterocycles. The fourth-order valence-electron chi connectivity index (χ4n) is 10.1. The molecule has 101 heavy (non-hydrogen) atoms. The summed E-state index contributed by atoms with van der Waals surface area (Å²) in [6.07, 6.45) is 91.9. The van der Waals surface area contributed by atoms with Crippen LogP contribution in [0.1, 0.15) is 303 Å². The molecule has 18 heteroatoms. The Labute approximate surface area is 613 Å². The van der Waals surface area contributed by atoms with E-state index < -0.39 is 91.5 Å². The zero-order valence-electron chi connectivity index (χ0n) is 63.0. The molecule has 0 aromatic rings. The lowest BCUT2D eigenvalue weighted by Gasteiger charge is -2.21. The maximum Gasteiger partial charge on any atom is 0.472 e. The summed E-state index contributed by atoms with van der Waals surface area (Å²) in [5.41, 5.74) is 0. The number of unbranched alkanes of at least 4 members (excludes halogenated alkanes) is 26. The van der Waals surface area contributed by atoms with Crippen LogP contribution in [0.4, 0.5) is 0 Å². The molecule has 0 saturated carbocycles. The second-order valence-corrected chi connectivity index (χ2v) is 28.7. The number of phosphoric ester groups is 2. The number of hydrogen-bond donors (Lipinski definition) is 4. The lowest BCUT2D eigenvalue weighted by molar-refractivity contribution is -0.161. The summed E-state index contributed by atoms with van der Waals surface area (Å²) >= 11 is 0. The Morgan fingerprint density at radius 1 is 0.287 bits per heavy atom. The molecule has 0 bridgehead atoms. The number of rotatable bonds is 73. The predicted octanol–water partition coefficient (Wildman–Crippen LogP) is 22.9. The van der Waals surface area contributed by atoms with E-state index >= 15 is 0 Å². The number of ether oxygens (including phenoxy) is 3. The van der Waals surface area contributed by atoms with Crippen LogP contribution in [-0.4, -0.2) is 95.9 Å². The van der Waals surface area contributed by atoms with Crippen LogP contribution in [0.3, 0.4) is 0 Å². The van der Waals surface area contributed by atoms with E-state index in [1.165, 1.54) is 77.0 Å². The third kappa shape index (κ3) is 76.4. The first kappa shape index (κ1) is 96.4. The molecule has 0 aliphatic carbocycles. The van der Waals surface area contributed by atoms with Crippen LogP contribution >= 0.6 is 15.6 Å². The van der Waals surface area contributed by atoms with Crippen molar-refractivity contribution in [2.24, 2.45) is 0 Å². The maximum atomic E-state index is 12.9. The Balaban J connectivity index is 4.47. The van der Waals surface area contributed by atoms with Gasteiger partial charge in [0.1, 0.15) is 25.4 Å². The third-order valence-electron chi connectivity index (χ3n) is 16.0. The highest BCUT2D eigenvalue weighted by molar-refractivity contribution is 7.47. The Morgan fingerprint density at radius 3 is 0.832 bits per heavy atom. The minimum atomic E-state index is -4.94. The summed E-state index contributed by atoms with van der Waals surface area (Å²) in [5.74, 6) is -1.61. The van der Waals surface area contributed by atoms with Gasteiger partial charge in [-0.1, -0.05) is 295 Å². The van der Waals surface area contributed by atoms with Crippen molar-refractivity contribution in [2.75, 3.05) is 39.6 Å². The van der Waals surface area contributed by atoms with Gasteiger partial charge in [0.2, 0.25) is 0 Å². The highest BCUT2D eigenvalue weighted by Gasteiger charge is 2.29. The molecule has 0 aliphatic rings. The van der Waals surface area contributed by atoms with E-state index in [2.05, 4.69) is 167 Å². The number of esters is 3. The SMILES string of the molecule is CC/C=C\C/C=C\C/C=C\C/C=C\C/C=C\CCCCCCCCCCCCCCCCCC(=O)OCC(O)COP(=O)(O)OCC(O)COP(=O)(O)OCC(COC(=O)CCCCCCC/C=C\C/C=C\C/C=C\C/C=C\C/C=C\CC)OC(=O)CCCCCCC/C=C\C/C=C\CCC. The zero-order valence-corrected chi connectivity index (χ0v) is 64.8. The van der Waals surface area contributed by atoms with Gasteiger partial charge in [-0.3, -0.25) is 32.5 Å². The van der Waals surface area contributed by atoms with Crippen molar-refractivity contribution in [1.29, 1.82) is 0 Å². The van der Waals surface area contributed by atoms with Crippen LogP contribution in [0, 0.1) is 0 Å². The molecule has 0 amide bonds. The highest BCUT2D eigenvalue weighted by Crippen LogP contribution is 2.45. The average molecular weight is 1460 g/mol.